The number of rotatable bonds is 1. The number of allylic oxidation sites excluding steroid dienone is 1. The molecule has 1 aliphatic heterocycles. The van der Waals surface area contributed by atoms with E-state index in [9.17, 15) is 4.79 Å². The van der Waals surface area contributed by atoms with Gasteiger partial charge < -0.3 is 4.74 Å². The average molecular weight is 365 g/mol. The quantitative estimate of drug-likeness (QED) is 0.318. The van der Waals surface area contributed by atoms with Gasteiger partial charge in [-0.05, 0) is 42.5 Å². The van der Waals surface area contributed by atoms with Crippen molar-refractivity contribution < 1.29 is 9.53 Å². The van der Waals surface area contributed by atoms with Gasteiger partial charge in [-0.2, -0.15) is 0 Å². The number of ketones is 1. The zero-order valence-electron chi connectivity index (χ0n) is 15.8. The van der Waals surface area contributed by atoms with Crippen molar-refractivity contribution in [1.82, 2.24) is 4.98 Å². The van der Waals surface area contributed by atoms with Crippen molar-refractivity contribution >= 4 is 33.5 Å². The summed E-state index contributed by atoms with van der Waals surface area (Å²) < 4.78 is 5.82. The summed E-state index contributed by atoms with van der Waals surface area (Å²) in [7, 11) is 0. The number of fused-ring (bicyclic) bond motifs is 4. The monoisotopic (exact) mass is 365 g/mol. The van der Waals surface area contributed by atoms with Crippen molar-refractivity contribution in [3.63, 3.8) is 0 Å². The van der Waals surface area contributed by atoms with Crippen molar-refractivity contribution in [2.75, 3.05) is 0 Å². The number of aromatic nitrogens is 1. The maximum absolute atomic E-state index is 13.1. The molecule has 5 rings (SSSR count). The van der Waals surface area contributed by atoms with E-state index >= 15 is 0 Å². The molecule has 0 amide bonds. The highest BCUT2D eigenvalue weighted by Gasteiger charge is 2.25. The lowest BCUT2D eigenvalue weighted by Crippen LogP contribution is -2.18. The lowest BCUT2D eigenvalue weighted by molar-refractivity contribution is 0.0866. The fourth-order valence-corrected chi connectivity index (χ4v) is 3.83. The zero-order valence-corrected chi connectivity index (χ0v) is 15.8. The molecular formula is C25H19NO2. The van der Waals surface area contributed by atoms with Gasteiger partial charge in [-0.15, -0.1) is 0 Å². The van der Waals surface area contributed by atoms with E-state index in [1.54, 1.807) is 0 Å². The van der Waals surface area contributed by atoms with Crippen LogP contribution in [0.4, 0.5) is 0 Å². The smallest absolute Gasteiger partial charge is 0.229 e. The van der Waals surface area contributed by atoms with Crippen LogP contribution in [0, 0.1) is 13.8 Å². The minimum atomic E-state index is -0.108. The van der Waals surface area contributed by atoms with Crippen molar-refractivity contribution in [3.8, 4) is 0 Å². The Morgan fingerprint density at radius 2 is 1.79 bits per heavy atom. The summed E-state index contributed by atoms with van der Waals surface area (Å²) in [5, 5.41) is 3.20. The van der Waals surface area contributed by atoms with E-state index in [1.165, 1.54) is 5.56 Å². The predicted molar refractivity (Wildman–Crippen MR) is 112 cm³/mol. The molecule has 1 aromatic heterocycles. The number of benzene rings is 3. The average Bonchev–Trinajstić information content (AvgIpc) is 2.71. The number of carbonyl (C=O) groups excluding carboxylic acids is 1. The summed E-state index contributed by atoms with van der Waals surface area (Å²) in [5.41, 5.74) is 5.56. The summed E-state index contributed by atoms with van der Waals surface area (Å²) in [6.07, 6.45) is 1.84. The molecule has 3 aromatic carbocycles. The molecule has 0 fully saturated rings. The van der Waals surface area contributed by atoms with E-state index in [0.717, 1.165) is 32.8 Å². The zero-order chi connectivity index (χ0) is 19.3. The van der Waals surface area contributed by atoms with E-state index in [0.29, 0.717) is 23.6 Å². The van der Waals surface area contributed by atoms with E-state index in [4.69, 9.17) is 9.72 Å². The summed E-state index contributed by atoms with van der Waals surface area (Å²) in [4.78, 5) is 17.9. The van der Waals surface area contributed by atoms with E-state index in [-0.39, 0.29) is 5.78 Å². The summed E-state index contributed by atoms with van der Waals surface area (Å²) in [5.74, 6) is 0.269. The van der Waals surface area contributed by atoms with Gasteiger partial charge in [0.25, 0.3) is 0 Å². The molecular weight excluding hydrogens is 346 g/mol. The van der Waals surface area contributed by atoms with Crippen LogP contribution in [0.15, 0.2) is 66.4 Å². The van der Waals surface area contributed by atoms with Gasteiger partial charge in [-0.25, -0.2) is 4.98 Å². The van der Waals surface area contributed by atoms with Crippen molar-refractivity contribution in [2.45, 2.75) is 20.5 Å². The molecule has 0 spiro atoms. The third-order valence-electron chi connectivity index (χ3n) is 5.33. The Balaban J connectivity index is 1.62. The normalized spacial score (nSPS) is 15.1. The van der Waals surface area contributed by atoms with E-state index in [1.807, 2.05) is 49.4 Å². The van der Waals surface area contributed by atoms with Crippen LogP contribution in [0.1, 0.15) is 32.7 Å². The Bertz CT molecular complexity index is 1300. The van der Waals surface area contributed by atoms with Gasteiger partial charge >= 0.3 is 0 Å². The Kier molecular flexibility index (Phi) is 3.76. The lowest BCUT2D eigenvalue weighted by Gasteiger charge is -2.19. The van der Waals surface area contributed by atoms with Gasteiger partial charge in [0.15, 0.2) is 5.76 Å². The van der Waals surface area contributed by atoms with Crippen LogP contribution in [-0.2, 0) is 11.3 Å². The molecule has 0 saturated heterocycles. The van der Waals surface area contributed by atoms with Gasteiger partial charge in [0.1, 0.15) is 6.61 Å². The summed E-state index contributed by atoms with van der Waals surface area (Å²) >= 11 is 0. The van der Waals surface area contributed by atoms with Crippen LogP contribution < -0.4 is 0 Å². The molecule has 136 valence electrons. The first-order valence-corrected chi connectivity index (χ1v) is 9.38. The molecule has 0 atom stereocenters. The molecule has 3 heteroatoms. The second-order valence-electron chi connectivity index (χ2n) is 7.33. The Labute approximate surface area is 163 Å². The standard InChI is InChI=1S/C25H19NO2/c1-15-7-8-18(16(2)11-15)13-23-25(27)21-12-19-10-9-17-5-3-4-6-20(17)24(19)26-22(21)14-28-23/h3-13H,14H2,1-2H3/b23-13-. The van der Waals surface area contributed by atoms with E-state index in [2.05, 4.69) is 31.2 Å². The fourth-order valence-electron chi connectivity index (χ4n) is 3.83. The van der Waals surface area contributed by atoms with Gasteiger partial charge in [0.2, 0.25) is 5.78 Å². The Morgan fingerprint density at radius 1 is 0.964 bits per heavy atom. The second kappa shape index (κ2) is 6.31. The van der Waals surface area contributed by atoms with E-state index < -0.39 is 0 Å². The molecule has 0 N–H and O–H groups in total. The number of pyridine rings is 1. The SMILES string of the molecule is Cc1ccc(/C=C2\OCc3nc4c(ccc5ccccc54)cc3C2=O)c(C)c1. The van der Waals surface area contributed by atoms with Crippen LogP contribution in [0.3, 0.4) is 0 Å². The number of carbonyl (C=O) groups is 1. The highest BCUT2D eigenvalue weighted by Crippen LogP contribution is 2.30. The van der Waals surface area contributed by atoms with Crippen LogP contribution in [0.2, 0.25) is 0 Å². The molecule has 0 bridgehead atoms. The minimum Gasteiger partial charge on any atom is -0.483 e. The molecule has 4 aromatic rings. The molecule has 3 nitrogen and oxygen atoms in total. The topological polar surface area (TPSA) is 39.2 Å². The fraction of sp³-hybridized carbons (Fsp3) is 0.120. The van der Waals surface area contributed by atoms with Crippen molar-refractivity contribution in [3.05, 3.63) is 94.4 Å². The first-order chi connectivity index (χ1) is 13.6. The third-order valence-corrected chi connectivity index (χ3v) is 5.33. The molecule has 2 heterocycles. The highest BCUT2D eigenvalue weighted by molar-refractivity contribution is 6.14. The molecule has 1 aliphatic rings. The highest BCUT2D eigenvalue weighted by atomic mass is 16.5. The van der Waals surface area contributed by atoms with Gasteiger partial charge in [0, 0.05) is 10.8 Å². The lowest BCUT2D eigenvalue weighted by atomic mass is 9.98. The maximum Gasteiger partial charge on any atom is 0.229 e. The Hall–Kier alpha value is -3.46. The van der Waals surface area contributed by atoms with Gasteiger partial charge in [-0.3, -0.25) is 4.79 Å². The van der Waals surface area contributed by atoms with Crippen molar-refractivity contribution in [2.24, 2.45) is 0 Å². The first-order valence-electron chi connectivity index (χ1n) is 9.38. The summed E-state index contributed by atoms with van der Waals surface area (Å²) in [6.45, 7) is 4.40. The number of nitrogens with zero attached hydrogens (tertiary/aromatic N) is 1. The molecule has 0 unspecified atom stereocenters. The van der Waals surface area contributed by atoms with Crippen molar-refractivity contribution in [1.29, 1.82) is 0 Å². The molecule has 0 radical (unpaired) electrons. The maximum atomic E-state index is 13.1. The predicted octanol–water partition coefficient (Wildman–Crippen LogP) is 5.76. The molecule has 0 saturated carbocycles. The number of Topliss-reactive ketones (excluding diaryl/α,β-unsaturated/α-hetero) is 1. The number of aryl methyl sites for hydroxylation is 2. The van der Waals surface area contributed by atoms with Crippen LogP contribution in [-0.4, -0.2) is 10.8 Å². The Morgan fingerprint density at radius 3 is 2.64 bits per heavy atom. The molecule has 28 heavy (non-hydrogen) atoms. The molecule has 0 aliphatic carbocycles. The second-order valence-corrected chi connectivity index (χ2v) is 7.33. The third kappa shape index (κ3) is 2.67. The number of ether oxygens (including phenoxy) is 1. The van der Waals surface area contributed by atoms with Crippen LogP contribution in [0.25, 0.3) is 27.8 Å². The van der Waals surface area contributed by atoms with Gasteiger partial charge in [-0.1, -0.05) is 60.2 Å². The van der Waals surface area contributed by atoms with Crippen LogP contribution in [0.5, 0.6) is 0 Å². The number of hydrogen-bond donors (Lipinski definition) is 0. The van der Waals surface area contributed by atoms with Gasteiger partial charge in [0.05, 0.1) is 16.8 Å². The summed E-state index contributed by atoms with van der Waals surface area (Å²) in [6, 6.07) is 20.4. The largest absolute Gasteiger partial charge is 0.483 e. The minimum absolute atomic E-state index is 0.108. The first kappa shape index (κ1) is 16.7. The number of hydrogen-bond acceptors (Lipinski definition) is 3. The van der Waals surface area contributed by atoms with Crippen LogP contribution >= 0.6 is 0 Å².